The molecule has 102 valence electrons. The van der Waals surface area contributed by atoms with Gasteiger partial charge in [-0.15, -0.1) is 0 Å². The molecule has 0 aliphatic carbocycles. The first-order valence-electron chi connectivity index (χ1n) is 5.76. The lowest BCUT2D eigenvalue weighted by atomic mass is 9.87. The van der Waals surface area contributed by atoms with Crippen LogP contribution in [0.2, 0.25) is 0 Å². The molecule has 0 radical (unpaired) electrons. The number of hydrogen-bond acceptors (Lipinski definition) is 3. The second kappa shape index (κ2) is 5.24. The fraction of sp³-hybridized carbons (Fsp3) is 0.727. The van der Waals surface area contributed by atoms with Gasteiger partial charge in [0.2, 0.25) is 5.91 Å². The monoisotopic (exact) mass is 257 g/mol. The van der Waals surface area contributed by atoms with Gasteiger partial charge in [-0.3, -0.25) is 4.79 Å². The maximum absolute atomic E-state index is 11.6. The maximum Gasteiger partial charge on any atom is 0.326 e. The Balaban J connectivity index is 2.52. The lowest BCUT2D eigenvalue weighted by Gasteiger charge is -2.28. The van der Waals surface area contributed by atoms with Gasteiger partial charge >= 0.3 is 12.0 Å². The third-order valence-electron chi connectivity index (χ3n) is 2.70. The van der Waals surface area contributed by atoms with Crippen LogP contribution in [0.15, 0.2) is 0 Å². The van der Waals surface area contributed by atoms with Crippen LogP contribution in [-0.4, -0.2) is 41.6 Å². The van der Waals surface area contributed by atoms with Gasteiger partial charge in [-0.2, -0.15) is 0 Å². The fourth-order valence-electron chi connectivity index (χ4n) is 1.71. The first-order chi connectivity index (χ1) is 8.20. The van der Waals surface area contributed by atoms with E-state index in [0.717, 1.165) is 0 Å². The van der Waals surface area contributed by atoms with E-state index in [1.54, 1.807) is 20.8 Å². The highest BCUT2D eigenvalue weighted by Crippen LogP contribution is 2.19. The molecule has 0 saturated carbocycles. The normalized spacial score (nSPS) is 21.1. The Bertz CT molecular complexity index is 362. The molecule has 1 heterocycles. The van der Waals surface area contributed by atoms with Gasteiger partial charge in [0.1, 0.15) is 6.04 Å². The summed E-state index contributed by atoms with van der Waals surface area (Å²) in [5.41, 5.74) is -0.590. The lowest BCUT2D eigenvalue weighted by Crippen LogP contribution is -2.54. The van der Waals surface area contributed by atoms with E-state index in [9.17, 15) is 14.4 Å². The highest BCUT2D eigenvalue weighted by Gasteiger charge is 2.33. The number of hydrogen-bond donors (Lipinski definition) is 4. The Morgan fingerprint density at radius 3 is 2.44 bits per heavy atom. The topological polar surface area (TPSA) is 108 Å². The summed E-state index contributed by atoms with van der Waals surface area (Å²) in [6.07, 6.45) is 0.223. The van der Waals surface area contributed by atoms with Crippen molar-refractivity contribution in [3.05, 3.63) is 0 Å². The minimum Gasteiger partial charge on any atom is -0.480 e. The molecule has 1 fully saturated rings. The van der Waals surface area contributed by atoms with Crippen LogP contribution < -0.4 is 16.0 Å². The summed E-state index contributed by atoms with van der Waals surface area (Å²) in [4.78, 5) is 33.7. The molecule has 0 spiro atoms. The number of aliphatic carboxylic acids is 1. The van der Waals surface area contributed by atoms with E-state index in [4.69, 9.17) is 5.11 Å². The predicted molar refractivity (Wildman–Crippen MR) is 64.0 cm³/mol. The van der Waals surface area contributed by atoms with Gasteiger partial charge in [-0.1, -0.05) is 20.8 Å². The summed E-state index contributed by atoms with van der Waals surface area (Å²) in [6.45, 7) is 5.56. The molecule has 7 nitrogen and oxygen atoms in total. The van der Waals surface area contributed by atoms with E-state index in [2.05, 4.69) is 16.0 Å². The Morgan fingerprint density at radius 1 is 1.44 bits per heavy atom. The van der Waals surface area contributed by atoms with E-state index in [1.165, 1.54) is 0 Å². The third kappa shape index (κ3) is 3.90. The van der Waals surface area contributed by atoms with Crippen molar-refractivity contribution in [3.8, 4) is 0 Å². The van der Waals surface area contributed by atoms with Gasteiger partial charge < -0.3 is 21.1 Å². The minimum absolute atomic E-state index is 0.120. The van der Waals surface area contributed by atoms with Crippen molar-refractivity contribution >= 4 is 17.9 Å². The van der Waals surface area contributed by atoms with Crippen LogP contribution in [0.25, 0.3) is 0 Å². The largest absolute Gasteiger partial charge is 0.480 e. The first-order valence-corrected chi connectivity index (χ1v) is 5.76. The summed E-state index contributed by atoms with van der Waals surface area (Å²) in [7, 11) is 0. The van der Waals surface area contributed by atoms with Gasteiger partial charge in [0.05, 0.1) is 6.04 Å². The summed E-state index contributed by atoms with van der Waals surface area (Å²) >= 11 is 0. The average Bonchev–Trinajstić information content (AvgIpc) is 2.58. The van der Waals surface area contributed by atoms with Crippen molar-refractivity contribution in [1.29, 1.82) is 0 Å². The zero-order valence-electron chi connectivity index (χ0n) is 10.7. The van der Waals surface area contributed by atoms with Gasteiger partial charge in [-0.25, -0.2) is 9.59 Å². The number of carbonyl (C=O) groups is 3. The zero-order valence-corrected chi connectivity index (χ0v) is 10.7. The highest BCUT2D eigenvalue weighted by molar-refractivity contribution is 5.84. The molecule has 1 saturated heterocycles. The number of rotatable bonds is 3. The van der Waals surface area contributed by atoms with Crippen molar-refractivity contribution in [2.45, 2.75) is 39.3 Å². The molecule has 1 unspecified atom stereocenters. The van der Waals surface area contributed by atoms with E-state index in [1.807, 2.05) is 0 Å². The van der Waals surface area contributed by atoms with Crippen molar-refractivity contribution in [3.63, 3.8) is 0 Å². The van der Waals surface area contributed by atoms with E-state index in [-0.39, 0.29) is 18.4 Å². The van der Waals surface area contributed by atoms with E-state index in [0.29, 0.717) is 6.54 Å². The third-order valence-corrected chi connectivity index (χ3v) is 2.70. The second-order valence-electron chi connectivity index (χ2n) is 5.46. The molecule has 0 aromatic carbocycles. The number of amides is 3. The predicted octanol–water partition coefficient (Wildman–Crippen LogP) is -0.327. The molecule has 1 aliphatic heterocycles. The Hall–Kier alpha value is -1.79. The van der Waals surface area contributed by atoms with Crippen molar-refractivity contribution in [2.24, 2.45) is 5.41 Å². The standard InChI is InChI=1S/C11H19N3O4/c1-11(2,3)8(9(16)17)14-10(18)13-6-4-7(15)12-5-6/h6,8H,4-5H2,1-3H3,(H,12,15)(H,16,17)(H2,13,14,18)/t6?,8-/m1/s1. The van der Waals surface area contributed by atoms with Crippen LogP contribution in [0.5, 0.6) is 0 Å². The van der Waals surface area contributed by atoms with Crippen LogP contribution in [0, 0.1) is 5.41 Å². The minimum atomic E-state index is -1.08. The van der Waals surface area contributed by atoms with Crippen molar-refractivity contribution in [1.82, 2.24) is 16.0 Å². The second-order valence-corrected chi connectivity index (χ2v) is 5.46. The fourth-order valence-corrected chi connectivity index (χ4v) is 1.71. The molecule has 18 heavy (non-hydrogen) atoms. The van der Waals surface area contributed by atoms with E-state index >= 15 is 0 Å². The Kier molecular flexibility index (Phi) is 4.15. The highest BCUT2D eigenvalue weighted by atomic mass is 16.4. The molecule has 0 aromatic heterocycles. The number of urea groups is 1. The lowest BCUT2D eigenvalue weighted by molar-refractivity contribution is -0.141. The summed E-state index contributed by atoms with van der Waals surface area (Å²) in [5, 5.41) is 16.6. The molecule has 0 bridgehead atoms. The first kappa shape index (κ1) is 14.3. The molecule has 1 aliphatic rings. The molecule has 0 aromatic rings. The molecular formula is C11H19N3O4. The number of carboxylic acids is 1. The van der Waals surface area contributed by atoms with Crippen LogP contribution in [0.1, 0.15) is 27.2 Å². The molecule has 1 rings (SSSR count). The summed E-state index contributed by atoms with van der Waals surface area (Å²) < 4.78 is 0. The summed E-state index contributed by atoms with van der Waals surface area (Å²) in [6, 6.07) is -1.84. The number of carbonyl (C=O) groups excluding carboxylic acids is 2. The van der Waals surface area contributed by atoms with E-state index < -0.39 is 23.5 Å². The smallest absolute Gasteiger partial charge is 0.326 e. The zero-order chi connectivity index (χ0) is 13.9. The molecule has 3 amide bonds. The maximum atomic E-state index is 11.6. The number of nitrogens with one attached hydrogen (secondary N) is 3. The molecule has 4 N–H and O–H groups in total. The summed E-state index contributed by atoms with van der Waals surface area (Å²) in [5.74, 6) is -1.20. The van der Waals surface area contributed by atoms with Crippen molar-refractivity contribution in [2.75, 3.05) is 6.54 Å². The van der Waals surface area contributed by atoms with Crippen LogP contribution >= 0.6 is 0 Å². The van der Waals surface area contributed by atoms with Crippen molar-refractivity contribution < 1.29 is 19.5 Å². The molecular weight excluding hydrogens is 238 g/mol. The Labute approximate surface area is 105 Å². The van der Waals surface area contributed by atoms with Gasteiger partial charge in [0.15, 0.2) is 0 Å². The van der Waals surface area contributed by atoms with Crippen LogP contribution in [-0.2, 0) is 9.59 Å². The van der Waals surface area contributed by atoms with Gasteiger partial charge in [0.25, 0.3) is 0 Å². The Morgan fingerprint density at radius 2 is 2.06 bits per heavy atom. The molecule has 2 atom stereocenters. The molecule has 7 heteroatoms. The average molecular weight is 257 g/mol. The van der Waals surface area contributed by atoms with Crippen LogP contribution in [0.4, 0.5) is 4.79 Å². The van der Waals surface area contributed by atoms with Gasteiger partial charge in [-0.05, 0) is 5.41 Å². The van der Waals surface area contributed by atoms with Crippen LogP contribution in [0.3, 0.4) is 0 Å². The quantitative estimate of drug-likeness (QED) is 0.555. The number of carboxylic acid groups (broad SMARTS) is 1. The SMILES string of the molecule is CC(C)(C)[C@H](NC(=O)NC1CNC(=O)C1)C(=O)O. The van der Waals surface area contributed by atoms with Gasteiger partial charge in [0, 0.05) is 13.0 Å².